The lowest BCUT2D eigenvalue weighted by atomic mass is 10.2. The number of nitrogens with one attached hydrogen (secondary N) is 1. The fourth-order valence-corrected chi connectivity index (χ4v) is 1.62. The Morgan fingerprint density at radius 1 is 1.53 bits per heavy atom. The molecule has 0 spiro atoms. The summed E-state index contributed by atoms with van der Waals surface area (Å²) in [6.45, 7) is 4.95. The molecule has 0 unspecified atom stereocenters. The van der Waals surface area contributed by atoms with Crippen molar-refractivity contribution in [3.63, 3.8) is 0 Å². The third-order valence-corrected chi connectivity index (χ3v) is 2.41. The fourth-order valence-electron chi connectivity index (χ4n) is 1.37. The van der Waals surface area contributed by atoms with Crippen LogP contribution >= 0.6 is 11.6 Å². The van der Waals surface area contributed by atoms with E-state index in [1.165, 1.54) is 0 Å². The van der Waals surface area contributed by atoms with Crippen molar-refractivity contribution in [1.29, 1.82) is 0 Å². The topological polar surface area (TPSA) is 58.6 Å². The van der Waals surface area contributed by atoms with Crippen molar-refractivity contribution in [1.82, 2.24) is 0 Å². The first kappa shape index (κ1) is 13.8. The molecule has 0 radical (unpaired) electrons. The Labute approximate surface area is 106 Å². The molecular formula is C12H16ClNO3. The van der Waals surface area contributed by atoms with Crippen molar-refractivity contribution in [3.8, 4) is 0 Å². The fraction of sp³-hybridized carbons (Fsp3) is 0.417. The van der Waals surface area contributed by atoms with E-state index in [4.69, 9.17) is 21.4 Å². The summed E-state index contributed by atoms with van der Waals surface area (Å²) in [6, 6.07) is 4.95. The molecule has 0 fully saturated rings. The van der Waals surface area contributed by atoms with Crippen molar-refractivity contribution in [2.45, 2.75) is 20.0 Å². The number of benzene rings is 1. The number of carbonyl (C=O) groups is 1. The maximum atomic E-state index is 11.0. The summed E-state index contributed by atoms with van der Waals surface area (Å²) in [5.41, 5.74) is 0.607. The SMILES string of the molecule is CC(C)OCCNc1cccc(Cl)c1C(=O)O. The van der Waals surface area contributed by atoms with Crippen LogP contribution in [0.2, 0.25) is 5.02 Å². The summed E-state index contributed by atoms with van der Waals surface area (Å²) in [5, 5.41) is 12.3. The third kappa shape index (κ3) is 4.24. The zero-order valence-electron chi connectivity index (χ0n) is 9.87. The first-order valence-corrected chi connectivity index (χ1v) is 5.77. The Morgan fingerprint density at radius 3 is 2.82 bits per heavy atom. The van der Waals surface area contributed by atoms with Crippen LogP contribution in [0.25, 0.3) is 0 Å². The number of aromatic carboxylic acids is 1. The van der Waals surface area contributed by atoms with Crippen LogP contribution in [0.15, 0.2) is 18.2 Å². The Balaban J connectivity index is 2.64. The molecule has 4 nitrogen and oxygen atoms in total. The van der Waals surface area contributed by atoms with Crippen LogP contribution in [-0.2, 0) is 4.74 Å². The average Bonchev–Trinajstić information content (AvgIpc) is 2.23. The lowest BCUT2D eigenvalue weighted by Crippen LogP contribution is -2.15. The summed E-state index contributed by atoms with van der Waals surface area (Å²) >= 11 is 5.84. The molecule has 94 valence electrons. The highest BCUT2D eigenvalue weighted by atomic mass is 35.5. The van der Waals surface area contributed by atoms with E-state index in [0.29, 0.717) is 18.8 Å². The van der Waals surface area contributed by atoms with Gasteiger partial charge in [-0.25, -0.2) is 4.79 Å². The normalized spacial score (nSPS) is 10.6. The molecule has 1 rings (SSSR count). The quantitative estimate of drug-likeness (QED) is 0.770. The molecule has 0 heterocycles. The average molecular weight is 258 g/mol. The van der Waals surface area contributed by atoms with Gasteiger partial charge in [-0.15, -0.1) is 0 Å². The van der Waals surface area contributed by atoms with Gasteiger partial charge in [0.15, 0.2) is 0 Å². The highest BCUT2D eigenvalue weighted by molar-refractivity contribution is 6.34. The van der Waals surface area contributed by atoms with E-state index in [1.807, 2.05) is 13.8 Å². The predicted molar refractivity (Wildman–Crippen MR) is 68.0 cm³/mol. The Bertz CT molecular complexity index is 393. The number of hydrogen-bond donors (Lipinski definition) is 2. The van der Waals surface area contributed by atoms with Gasteiger partial charge in [-0.1, -0.05) is 17.7 Å². The van der Waals surface area contributed by atoms with Crippen molar-refractivity contribution in [2.75, 3.05) is 18.5 Å². The second-order valence-corrected chi connectivity index (χ2v) is 4.22. The number of carboxylic acids is 1. The minimum absolute atomic E-state index is 0.0960. The van der Waals surface area contributed by atoms with E-state index in [0.717, 1.165) is 0 Å². The molecule has 0 bridgehead atoms. The van der Waals surface area contributed by atoms with E-state index < -0.39 is 5.97 Å². The number of halogens is 1. The summed E-state index contributed by atoms with van der Waals surface area (Å²) in [4.78, 5) is 11.0. The molecule has 0 aromatic heterocycles. The number of ether oxygens (including phenoxy) is 1. The lowest BCUT2D eigenvalue weighted by Gasteiger charge is -2.12. The highest BCUT2D eigenvalue weighted by Crippen LogP contribution is 2.24. The minimum atomic E-state index is -1.04. The molecule has 0 aliphatic carbocycles. The molecule has 0 amide bonds. The molecule has 1 aromatic rings. The number of hydrogen-bond acceptors (Lipinski definition) is 3. The van der Waals surface area contributed by atoms with Gasteiger partial charge < -0.3 is 15.2 Å². The molecule has 2 N–H and O–H groups in total. The van der Waals surface area contributed by atoms with Crippen LogP contribution in [0.1, 0.15) is 24.2 Å². The molecule has 5 heteroatoms. The van der Waals surface area contributed by atoms with Gasteiger partial charge in [0, 0.05) is 6.54 Å². The summed E-state index contributed by atoms with van der Waals surface area (Å²) in [5.74, 6) is -1.04. The monoisotopic (exact) mass is 257 g/mol. The summed E-state index contributed by atoms with van der Waals surface area (Å²) in [6.07, 6.45) is 0.162. The Morgan fingerprint density at radius 2 is 2.24 bits per heavy atom. The molecule has 0 aliphatic heterocycles. The second kappa shape index (κ2) is 6.47. The molecular weight excluding hydrogens is 242 g/mol. The van der Waals surface area contributed by atoms with E-state index in [2.05, 4.69) is 5.32 Å². The van der Waals surface area contributed by atoms with E-state index >= 15 is 0 Å². The first-order chi connectivity index (χ1) is 8.02. The first-order valence-electron chi connectivity index (χ1n) is 5.39. The molecule has 1 aromatic carbocycles. The zero-order chi connectivity index (χ0) is 12.8. The number of carboxylic acid groups (broad SMARTS) is 1. The van der Waals surface area contributed by atoms with Gasteiger partial charge >= 0.3 is 5.97 Å². The number of anilines is 1. The van der Waals surface area contributed by atoms with Crippen molar-refractivity contribution >= 4 is 23.3 Å². The minimum Gasteiger partial charge on any atom is -0.478 e. The van der Waals surface area contributed by atoms with Crippen LogP contribution in [-0.4, -0.2) is 30.3 Å². The maximum Gasteiger partial charge on any atom is 0.339 e. The summed E-state index contributed by atoms with van der Waals surface area (Å²) in [7, 11) is 0. The van der Waals surface area contributed by atoms with Gasteiger partial charge in [-0.3, -0.25) is 0 Å². The van der Waals surface area contributed by atoms with Crippen LogP contribution in [0.5, 0.6) is 0 Å². The van der Waals surface area contributed by atoms with Gasteiger partial charge in [0.1, 0.15) is 5.56 Å². The van der Waals surface area contributed by atoms with E-state index in [1.54, 1.807) is 18.2 Å². The summed E-state index contributed by atoms with van der Waals surface area (Å²) < 4.78 is 5.35. The van der Waals surface area contributed by atoms with Gasteiger partial charge in [-0.05, 0) is 26.0 Å². The molecule has 0 aliphatic rings. The highest BCUT2D eigenvalue weighted by Gasteiger charge is 2.13. The van der Waals surface area contributed by atoms with Gasteiger partial charge in [0.05, 0.1) is 23.4 Å². The molecule has 0 saturated carbocycles. The number of rotatable bonds is 6. The standard InChI is InChI=1S/C12H16ClNO3/c1-8(2)17-7-6-14-10-5-3-4-9(13)11(10)12(15)16/h3-5,8,14H,6-7H2,1-2H3,(H,15,16). The van der Waals surface area contributed by atoms with Gasteiger partial charge in [0.2, 0.25) is 0 Å². The third-order valence-electron chi connectivity index (χ3n) is 2.10. The Kier molecular flexibility index (Phi) is 5.25. The molecule has 17 heavy (non-hydrogen) atoms. The van der Waals surface area contributed by atoms with Crippen molar-refractivity contribution in [2.24, 2.45) is 0 Å². The Hall–Kier alpha value is -1.26. The van der Waals surface area contributed by atoms with Crippen LogP contribution in [0, 0.1) is 0 Å². The van der Waals surface area contributed by atoms with Crippen molar-refractivity contribution in [3.05, 3.63) is 28.8 Å². The van der Waals surface area contributed by atoms with Crippen LogP contribution in [0.4, 0.5) is 5.69 Å². The predicted octanol–water partition coefficient (Wildman–Crippen LogP) is 2.88. The van der Waals surface area contributed by atoms with Crippen LogP contribution < -0.4 is 5.32 Å². The second-order valence-electron chi connectivity index (χ2n) is 3.81. The smallest absolute Gasteiger partial charge is 0.339 e. The van der Waals surface area contributed by atoms with E-state index in [9.17, 15) is 4.79 Å². The maximum absolute atomic E-state index is 11.0. The molecule has 0 atom stereocenters. The van der Waals surface area contributed by atoms with Gasteiger partial charge in [-0.2, -0.15) is 0 Å². The van der Waals surface area contributed by atoms with Crippen LogP contribution in [0.3, 0.4) is 0 Å². The zero-order valence-corrected chi connectivity index (χ0v) is 10.6. The van der Waals surface area contributed by atoms with Crippen molar-refractivity contribution < 1.29 is 14.6 Å². The van der Waals surface area contributed by atoms with Gasteiger partial charge in [0.25, 0.3) is 0 Å². The molecule has 0 saturated heterocycles. The van der Waals surface area contributed by atoms with E-state index in [-0.39, 0.29) is 16.7 Å². The largest absolute Gasteiger partial charge is 0.478 e. The lowest BCUT2D eigenvalue weighted by molar-refractivity contribution is 0.0697.